The number of ether oxygens (including phenoxy) is 1. The van der Waals surface area contributed by atoms with E-state index in [1.54, 1.807) is 19.1 Å². The van der Waals surface area contributed by atoms with Crippen molar-refractivity contribution in [3.8, 4) is 5.19 Å². The smallest absolute Gasteiger partial charge is 0.274 e. The lowest BCUT2D eigenvalue weighted by Gasteiger charge is -2.30. The molecule has 0 unspecified atom stereocenters. The number of rotatable bonds is 4. The van der Waals surface area contributed by atoms with Gasteiger partial charge in [-0.3, -0.25) is 0 Å². The number of hydrogen-bond donors (Lipinski definition) is 0. The second kappa shape index (κ2) is 6.10. The largest absolute Gasteiger partial charge is 0.467 e. The van der Waals surface area contributed by atoms with Crippen LogP contribution >= 0.6 is 11.3 Å². The Kier molecular flexibility index (Phi) is 4.33. The lowest BCUT2D eigenvalue weighted by Crippen LogP contribution is -2.42. The zero-order valence-corrected chi connectivity index (χ0v) is 13.8. The van der Waals surface area contributed by atoms with Crippen LogP contribution in [0.25, 0.3) is 10.2 Å². The normalized spacial score (nSPS) is 17.9. The van der Waals surface area contributed by atoms with Gasteiger partial charge in [-0.1, -0.05) is 17.4 Å². The summed E-state index contributed by atoms with van der Waals surface area (Å²) >= 11 is 1.31. The number of benzene rings is 1. The van der Waals surface area contributed by atoms with Gasteiger partial charge in [0.1, 0.15) is 17.4 Å². The van der Waals surface area contributed by atoms with E-state index in [4.69, 9.17) is 4.74 Å². The van der Waals surface area contributed by atoms with Gasteiger partial charge in [0.2, 0.25) is 10.0 Å². The van der Waals surface area contributed by atoms with Gasteiger partial charge in [0, 0.05) is 13.1 Å². The van der Waals surface area contributed by atoms with Gasteiger partial charge < -0.3 is 4.74 Å². The Bertz CT molecular complexity index is 767. The van der Waals surface area contributed by atoms with Crippen LogP contribution in [0.5, 0.6) is 5.19 Å². The molecule has 0 amide bonds. The highest BCUT2D eigenvalue weighted by Crippen LogP contribution is 2.31. The molecule has 2 heterocycles. The number of thiazole rings is 1. The summed E-state index contributed by atoms with van der Waals surface area (Å²) in [5.74, 6) is -0.234. The standard InChI is InChI=1S/C14H17FN2O3S2/c1-2-22(18,19)17-8-6-10(7-9-17)20-14-16-13-11(15)4-3-5-12(13)21-14/h3-5,10H,2,6-9H2,1H3. The number of halogens is 1. The molecular weight excluding hydrogens is 327 g/mol. The minimum Gasteiger partial charge on any atom is -0.467 e. The Morgan fingerprint density at radius 3 is 2.77 bits per heavy atom. The number of piperidine rings is 1. The fraction of sp³-hybridized carbons (Fsp3) is 0.500. The third-order valence-electron chi connectivity index (χ3n) is 3.78. The predicted octanol–water partition coefficient (Wildman–Crippen LogP) is 2.63. The molecule has 1 saturated heterocycles. The van der Waals surface area contributed by atoms with Crippen molar-refractivity contribution in [1.82, 2.24) is 9.29 Å². The lowest BCUT2D eigenvalue weighted by molar-refractivity contribution is 0.135. The molecule has 0 N–H and O–H groups in total. The van der Waals surface area contributed by atoms with Crippen LogP contribution in [-0.4, -0.2) is 42.7 Å². The maximum Gasteiger partial charge on any atom is 0.274 e. The van der Waals surface area contributed by atoms with Crippen LogP contribution in [0, 0.1) is 5.82 Å². The molecule has 0 bridgehead atoms. The fourth-order valence-corrected chi connectivity index (χ4v) is 4.53. The summed E-state index contributed by atoms with van der Waals surface area (Å²) < 4.78 is 45.3. The van der Waals surface area contributed by atoms with E-state index in [-0.39, 0.29) is 17.7 Å². The molecule has 0 saturated carbocycles. The van der Waals surface area contributed by atoms with Crippen LogP contribution in [0.3, 0.4) is 0 Å². The van der Waals surface area contributed by atoms with E-state index in [1.165, 1.54) is 21.7 Å². The zero-order chi connectivity index (χ0) is 15.7. The molecular formula is C14H17FN2O3S2. The van der Waals surface area contributed by atoms with Crippen LogP contribution < -0.4 is 4.74 Å². The van der Waals surface area contributed by atoms with Crippen molar-refractivity contribution in [2.45, 2.75) is 25.9 Å². The number of sulfonamides is 1. The van der Waals surface area contributed by atoms with Crippen LogP contribution in [0.2, 0.25) is 0 Å². The summed E-state index contributed by atoms with van der Waals surface area (Å²) in [7, 11) is -3.13. The average molecular weight is 344 g/mol. The molecule has 5 nitrogen and oxygen atoms in total. The van der Waals surface area contributed by atoms with E-state index >= 15 is 0 Å². The van der Waals surface area contributed by atoms with E-state index in [0.717, 1.165) is 4.70 Å². The molecule has 120 valence electrons. The molecule has 0 atom stereocenters. The number of para-hydroxylation sites is 1. The molecule has 0 spiro atoms. The minimum atomic E-state index is -3.13. The van der Waals surface area contributed by atoms with E-state index in [2.05, 4.69) is 4.98 Å². The third kappa shape index (κ3) is 3.09. The molecule has 8 heteroatoms. The second-order valence-corrected chi connectivity index (χ2v) is 8.43. The highest BCUT2D eigenvalue weighted by atomic mass is 32.2. The van der Waals surface area contributed by atoms with Gasteiger partial charge >= 0.3 is 0 Å². The van der Waals surface area contributed by atoms with Gasteiger partial charge in [0.05, 0.1) is 10.5 Å². The summed E-state index contributed by atoms with van der Waals surface area (Å²) in [5.41, 5.74) is 0.327. The monoisotopic (exact) mass is 344 g/mol. The number of fused-ring (bicyclic) bond motifs is 1. The van der Waals surface area contributed by atoms with Gasteiger partial charge in [-0.15, -0.1) is 0 Å². The van der Waals surface area contributed by atoms with Gasteiger partial charge in [-0.2, -0.15) is 4.98 Å². The third-order valence-corrected chi connectivity index (χ3v) is 6.57. The van der Waals surface area contributed by atoms with E-state index < -0.39 is 10.0 Å². The molecule has 22 heavy (non-hydrogen) atoms. The van der Waals surface area contributed by atoms with Crippen molar-refractivity contribution in [2.24, 2.45) is 0 Å². The van der Waals surface area contributed by atoms with Crippen molar-refractivity contribution < 1.29 is 17.5 Å². The first-order valence-corrected chi connectivity index (χ1v) is 9.61. The molecule has 1 aromatic carbocycles. The summed E-state index contributed by atoms with van der Waals surface area (Å²) in [4.78, 5) is 4.18. The topological polar surface area (TPSA) is 59.5 Å². The maximum absolute atomic E-state index is 13.6. The molecule has 1 aliphatic rings. The van der Waals surface area contributed by atoms with E-state index in [0.29, 0.717) is 36.6 Å². The van der Waals surface area contributed by atoms with Crippen LogP contribution in [0.1, 0.15) is 19.8 Å². The molecule has 1 aromatic heterocycles. The Balaban J connectivity index is 1.66. The van der Waals surface area contributed by atoms with Gasteiger partial charge in [-0.05, 0) is 31.9 Å². The quantitative estimate of drug-likeness (QED) is 0.855. The Morgan fingerprint density at radius 1 is 1.41 bits per heavy atom. The highest BCUT2D eigenvalue weighted by molar-refractivity contribution is 7.89. The van der Waals surface area contributed by atoms with Crippen LogP contribution in [-0.2, 0) is 10.0 Å². The van der Waals surface area contributed by atoms with Crippen molar-refractivity contribution in [1.29, 1.82) is 0 Å². The average Bonchev–Trinajstić information content (AvgIpc) is 2.92. The Hall–Kier alpha value is -1.25. The van der Waals surface area contributed by atoms with Crippen molar-refractivity contribution in [3.05, 3.63) is 24.0 Å². The van der Waals surface area contributed by atoms with Gasteiger partial charge in [-0.25, -0.2) is 17.1 Å². The molecule has 3 rings (SSSR count). The summed E-state index contributed by atoms with van der Waals surface area (Å²) in [6, 6.07) is 4.83. The Labute approximate surface area is 132 Å². The SMILES string of the molecule is CCS(=O)(=O)N1CCC(Oc2nc3c(F)cccc3s2)CC1. The zero-order valence-electron chi connectivity index (χ0n) is 12.2. The first kappa shape index (κ1) is 15.6. The molecule has 0 aliphatic carbocycles. The number of nitrogens with zero attached hydrogens (tertiary/aromatic N) is 2. The molecule has 0 radical (unpaired) electrons. The van der Waals surface area contributed by atoms with E-state index in [1.807, 2.05) is 0 Å². The summed E-state index contributed by atoms with van der Waals surface area (Å²) in [6.45, 7) is 2.56. The van der Waals surface area contributed by atoms with Gasteiger partial charge in [0.25, 0.3) is 5.19 Å². The Morgan fingerprint density at radius 2 is 2.14 bits per heavy atom. The second-order valence-electron chi connectivity index (χ2n) is 5.18. The minimum absolute atomic E-state index is 0.0769. The highest BCUT2D eigenvalue weighted by Gasteiger charge is 2.28. The number of hydrogen-bond acceptors (Lipinski definition) is 5. The first-order valence-electron chi connectivity index (χ1n) is 7.19. The van der Waals surface area contributed by atoms with Crippen LogP contribution in [0.15, 0.2) is 18.2 Å². The van der Waals surface area contributed by atoms with Crippen molar-refractivity contribution in [2.75, 3.05) is 18.8 Å². The molecule has 1 fully saturated rings. The summed E-state index contributed by atoms with van der Waals surface area (Å²) in [5, 5.41) is 0.442. The lowest BCUT2D eigenvalue weighted by atomic mass is 10.1. The predicted molar refractivity (Wildman–Crippen MR) is 84.3 cm³/mol. The van der Waals surface area contributed by atoms with Crippen molar-refractivity contribution >= 4 is 31.6 Å². The first-order chi connectivity index (χ1) is 10.5. The van der Waals surface area contributed by atoms with Gasteiger partial charge in [0.15, 0.2) is 0 Å². The fourth-order valence-electron chi connectivity index (χ4n) is 2.50. The number of aromatic nitrogens is 1. The maximum atomic E-state index is 13.6. The van der Waals surface area contributed by atoms with E-state index in [9.17, 15) is 12.8 Å². The molecule has 2 aromatic rings. The molecule has 1 aliphatic heterocycles. The summed E-state index contributed by atoms with van der Waals surface area (Å²) in [6.07, 6.45) is 1.17. The van der Waals surface area contributed by atoms with Crippen LogP contribution in [0.4, 0.5) is 4.39 Å². The van der Waals surface area contributed by atoms with Crippen molar-refractivity contribution in [3.63, 3.8) is 0 Å².